The van der Waals surface area contributed by atoms with Crippen LogP contribution in [0.1, 0.15) is 25.7 Å². The summed E-state index contributed by atoms with van der Waals surface area (Å²) in [7, 11) is -3.95. The van der Waals surface area contributed by atoms with Crippen LogP contribution in [0.2, 0.25) is 0 Å². The minimum absolute atomic E-state index is 0.0371. The number of fused-ring (bicyclic) bond motifs is 2. The fourth-order valence-corrected chi connectivity index (χ4v) is 5.67. The van der Waals surface area contributed by atoms with Crippen LogP contribution in [0.3, 0.4) is 0 Å². The molecule has 3 unspecified atom stereocenters. The third kappa shape index (κ3) is 2.30. The molecule has 2 bridgehead atoms. The molecule has 3 nitrogen and oxygen atoms in total. The highest BCUT2D eigenvalue weighted by Gasteiger charge is 2.42. The molecule has 1 aromatic rings. The van der Waals surface area contributed by atoms with Crippen molar-refractivity contribution >= 4 is 15.5 Å². The lowest BCUT2D eigenvalue weighted by atomic mass is 9.90. The Balaban J connectivity index is 1.89. The molecule has 0 spiro atoms. The number of nitrogens with two attached hydrogens (primary N) is 1. The van der Waals surface area contributed by atoms with Crippen molar-refractivity contribution in [3.63, 3.8) is 0 Å². The topological polar surface area (TPSA) is 60.2 Å². The molecule has 0 radical (unpaired) electrons. The maximum Gasteiger partial charge on any atom is 0.184 e. The summed E-state index contributed by atoms with van der Waals surface area (Å²) in [5, 5.41) is 0. The maximum absolute atomic E-state index is 13.8. The van der Waals surface area contributed by atoms with Gasteiger partial charge in [-0.1, -0.05) is 6.42 Å². The van der Waals surface area contributed by atoms with Gasteiger partial charge in [-0.05, 0) is 49.1 Å². The molecule has 0 amide bonds. The van der Waals surface area contributed by atoms with Gasteiger partial charge in [0, 0.05) is 5.69 Å². The Morgan fingerprint density at radius 2 is 1.80 bits per heavy atom. The lowest BCUT2D eigenvalue weighted by molar-refractivity contribution is 0.359. The second kappa shape index (κ2) is 4.69. The smallest absolute Gasteiger partial charge is 0.184 e. The number of hydrogen-bond donors (Lipinski definition) is 1. The highest BCUT2D eigenvalue weighted by Crippen LogP contribution is 2.49. The van der Waals surface area contributed by atoms with E-state index in [2.05, 4.69) is 0 Å². The molecule has 20 heavy (non-hydrogen) atoms. The van der Waals surface area contributed by atoms with Crippen LogP contribution < -0.4 is 5.73 Å². The quantitative estimate of drug-likeness (QED) is 0.873. The van der Waals surface area contributed by atoms with E-state index in [0.29, 0.717) is 11.8 Å². The Morgan fingerprint density at radius 1 is 1.15 bits per heavy atom. The zero-order valence-electron chi connectivity index (χ0n) is 11.0. The van der Waals surface area contributed by atoms with E-state index in [9.17, 15) is 17.2 Å². The Kier molecular flexibility index (Phi) is 3.23. The summed E-state index contributed by atoms with van der Waals surface area (Å²) in [6.45, 7) is 0. The first-order valence-corrected chi connectivity index (χ1v) is 8.49. The van der Waals surface area contributed by atoms with E-state index in [0.717, 1.165) is 37.8 Å². The number of anilines is 1. The number of rotatable bonds is 3. The van der Waals surface area contributed by atoms with Crippen molar-refractivity contribution in [3.8, 4) is 0 Å². The van der Waals surface area contributed by atoms with E-state index >= 15 is 0 Å². The number of halogens is 2. The van der Waals surface area contributed by atoms with Crippen LogP contribution >= 0.6 is 0 Å². The van der Waals surface area contributed by atoms with Gasteiger partial charge in [-0.2, -0.15) is 0 Å². The minimum atomic E-state index is -3.95. The van der Waals surface area contributed by atoms with Gasteiger partial charge < -0.3 is 5.73 Å². The average Bonchev–Trinajstić information content (AvgIpc) is 2.87. The largest absolute Gasteiger partial charge is 0.399 e. The van der Waals surface area contributed by atoms with Gasteiger partial charge in [0.05, 0.1) is 5.75 Å². The Bertz CT molecular complexity index is 622. The lowest BCUT2D eigenvalue weighted by Crippen LogP contribution is -2.23. The van der Waals surface area contributed by atoms with Crippen molar-refractivity contribution in [2.45, 2.75) is 30.6 Å². The molecule has 6 heteroatoms. The van der Waals surface area contributed by atoms with Gasteiger partial charge in [-0.15, -0.1) is 0 Å². The van der Waals surface area contributed by atoms with Gasteiger partial charge in [0.2, 0.25) is 0 Å². The first kappa shape index (κ1) is 13.8. The Labute approximate surface area is 117 Å². The summed E-state index contributed by atoms with van der Waals surface area (Å²) in [5.41, 5.74) is 5.20. The van der Waals surface area contributed by atoms with Crippen molar-refractivity contribution in [3.05, 3.63) is 23.8 Å². The number of benzene rings is 1. The van der Waals surface area contributed by atoms with Crippen LogP contribution in [0.4, 0.5) is 14.5 Å². The summed E-state index contributed by atoms with van der Waals surface area (Å²) >= 11 is 0. The van der Waals surface area contributed by atoms with Gasteiger partial charge in [-0.3, -0.25) is 0 Å². The summed E-state index contributed by atoms with van der Waals surface area (Å²) in [5.74, 6) is -1.31. The van der Waals surface area contributed by atoms with Crippen LogP contribution in [-0.4, -0.2) is 14.2 Å². The summed E-state index contributed by atoms with van der Waals surface area (Å²) < 4.78 is 52.1. The molecule has 3 rings (SSSR count). The molecule has 0 aliphatic heterocycles. The van der Waals surface area contributed by atoms with Gasteiger partial charge in [0.1, 0.15) is 16.5 Å². The molecule has 2 aliphatic rings. The van der Waals surface area contributed by atoms with E-state index in [1.807, 2.05) is 0 Å². The minimum Gasteiger partial charge on any atom is -0.399 e. The van der Waals surface area contributed by atoms with Gasteiger partial charge in [0.25, 0.3) is 0 Å². The first-order valence-electron chi connectivity index (χ1n) is 6.84. The summed E-state index contributed by atoms with van der Waals surface area (Å²) in [6.07, 6.45) is 4.12. The third-order valence-electron chi connectivity index (χ3n) is 4.65. The average molecular weight is 301 g/mol. The van der Waals surface area contributed by atoms with Crippen LogP contribution in [0.25, 0.3) is 0 Å². The second-order valence-corrected chi connectivity index (χ2v) is 8.00. The van der Waals surface area contributed by atoms with Gasteiger partial charge >= 0.3 is 0 Å². The number of nitrogen functional groups attached to an aromatic ring is 1. The molecule has 2 N–H and O–H groups in total. The summed E-state index contributed by atoms with van der Waals surface area (Å²) in [4.78, 5) is -0.825. The van der Waals surface area contributed by atoms with E-state index in [-0.39, 0.29) is 17.4 Å². The van der Waals surface area contributed by atoms with Gasteiger partial charge in [0.15, 0.2) is 9.84 Å². The molecule has 110 valence electrons. The molecular formula is C14H17F2NO2S. The zero-order chi connectivity index (χ0) is 14.5. The maximum atomic E-state index is 13.8. The zero-order valence-corrected chi connectivity index (χ0v) is 11.8. The Morgan fingerprint density at radius 3 is 2.30 bits per heavy atom. The Hall–Kier alpha value is -1.17. The van der Waals surface area contributed by atoms with Crippen LogP contribution in [0.5, 0.6) is 0 Å². The van der Waals surface area contributed by atoms with E-state index in [1.165, 1.54) is 0 Å². The normalized spacial score (nSPS) is 29.0. The summed E-state index contributed by atoms with van der Waals surface area (Å²) in [6, 6.07) is 1.72. The molecule has 3 atom stereocenters. The molecule has 2 saturated carbocycles. The van der Waals surface area contributed by atoms with E-state index < -0.39 is 26.4 Å². The highest BCUT2D eigenvalue weighted by molar-refractivity contribution is 7.91. The van der Waals surface area contributed by atoms with Crippen LogP contribution in [0.15, 0.2) is 17.0 Å². The molecule has 1 aromatic carbocycles. The fraction of sp³-hybridized carbons (Fsp3) is 0.571. The number of sulfone groups is 1. The molecule has 0 heterocycles. The van der Waals surface area contributed by atoms with Gasteiger partial charge in [-0.25, -0.2) is 17.2 Å². The van der Waals surface area contributed by atoms with E-state index in [1.54, 1.807) is 0 Å². The van der Waals surface area contributed by atoms with Crippen molar-refractivity contribution < 1.29 is 17.2 Å². The van der Waals surface area contributed by atoms with Crippen molar-refractivity contribution in [2.75, 3.05) is 11.5 Å². The van der Waals surface area contributed by atoms with Crippen LogP contribution in [0, 0.1) is 29.4 Å². The molecular weight excluding hydrogens is 284 g/mol. The predicted octanol–water partition coefficient (Wildman–Crippen LogP) is 2.76. The lowest BCUT2D eigenvalue weighted by Gasteiger charge is -2.21. The van der Waals surface area contributed by atoms with E-state index in [4.69, 9.17) is 5.73 Å². The SMILES string of the molecule is Nc1cc(F)c(S(=O)(=O)CC2CC3CCC2C3)c(F)c1. The monoisotopic (exact) mass is 301 g/mol. The third-order valence-corrected chi connectivity index (χ3v) is 6.53. The van der Waals surface area contributed by atoms with Crippen molar-refractivity contribution in [1.29, 1.82) is 0 Å². The van der Waals surface area contributed by atoms with Crippen molar-refractivity contribution in [1.82, 2.24) is 0 Å². The van der Waals surface area contributed by atoms with Crippen molar-refractivity contribution in [2.24, 2.45) is 17.8 Å². The molecule has 2 fully saturated rings. The second-order valence-electron chi connectivity index (χ2n) is 6.03. The first-order chi connectivity index (χ1) is 9.37. The standard InChI is InChI=1S/C14H17F2NO2S/c15-12-5-11(17)6-13(16)14(12)20(18,19)7-10-4-8-1-2-9(10)3-8/h5-6,8-10H,1-4,7,17H2. The van der Waals surface area contributed by atoms with Crippen LogP contribution in [-0.2, 0) is 9.84 Å². The fourth-order valence-electron chi connectivity index (χ4n) is 3.82. The number of hydrogen-bond acceptors (Lipinski definition) is 3. The predicted molar refractivity (Wildman–Crippen MR) is 71.8 cm³/mol. The molecule has 2 aliphatic carbocycles. The molecule has 0 aromatic heterocycles. The molecule has 0 saturated heterocycles. The highest BCUT2D eigenvalue weighted by atomic mass is 32.2.